The Bertz CT molecular complexity index is 491. The van der Waals surface area contributed by atoms with Gasteiger partial charge >= 0.3 is 5.97 Å². The number of nitrogens with one attached hydrogen (secondary N) is 1. The lowest BCUT2D eigenvalue weighted by atomic mass is 9.84. The number of benzene rings is 1. The zero-order valence-electron chi connectivity index (χ0n) is 10.7. The molecule has 0 aromatic heterocycles. The van der Waals surface area contributed by atoms with Crippen LogP contribution in [0.4, 0.5) is 0 Å². The monoisotopic (exact) mass is 279 g/mol. The Labute approximate surface area is 118 Å². The van der Waals surface area contributed by atoms with Gasteiger partial charge in [-0.05, 0) is 42.7 Å². The highest BCUT2D eigenvalue weighted by Crippen LogP contribution is 2.48. The average molecular weight is 280 g/mol. The molecule has 4 heteroatoms. The number of hydrogen-bond acceptors (Lipinski definition) is 2. The van der Waals surface area contributed by atoms with E-state index in [0.717, 1.165) is 29.8 Å². The maximum absolute atomic E-state index is 11.4. The van der Waals surface area contributed by atoms with Gasteiger partial charge in [-0.25, -0.2) is 0 Å². The highest BCUT2D eigenvalue weighted by atomic mass is 35.5. The fraction of sp³-hybridized carbons (Fsp3) is 0.533. The standard InChI is InChI=1S/C15H18ClNO2/c16-12-4-2-1-3-11(12)8-17-14-10-6-5-9(7-10)13(14)15(18)19/h1-4,9-10,13-14,17H,5-8H2,(H,18,19). The van der Waals surface area contributed by atoms with Crippen molar-refractivity contribution < 1.29 is 9.90 Å². The molecule has 3 rings (SSSR count). The maximum Gasteiger partial charge on any atom is 0.308 e. The van der Waals surface area contributed by atoms with Gasteiger partial charge in [-0.15, -0.1) is 0 Å². The van der Waals surface area contributed by atoms with Crippen LogP contribution in [0, 0.1) is 17.8 Å². The van der Waals surface area contributed by atoms with Crippen molar-refractivity contribution in [3.8, 4) is 0 Å². The van der Waals surface area contributed by atoms with Crippen LogP contribution in [0.5, 0.6) is 0 Å². The van der Waals surface area contributed by atoms with Gasteiger partial charge in [0.2, 0.25) is 0 Å². The van der Waals surface area contributed by atoms with Crippen LogP contribution in [-0.2, 0) is 11.3 Å². The Hall–Kier alpha value is -1.06. The molecule has 0 amide bonds. The van der Waals surface area contributed by atoms with Crippen molar-refractivity contribution in [1.29, 1.82) is 0 Å². The van der Waals surface area contributed by atoms with Gasteiger partial charge in [-0.3, -0.25) is 4.79 Å². The Morgan fingerprint density at radius 2 is 2.05 bits per heavy atom. The van der Waals surface area contributed by atoms with E-state index in [1.807, 2.05) is 24.3 Å². The highest BCUT2D eigenvalue weighted by Gasteiger charge is 2.50. The predicted molar refractivity (Wildman–Crippen MR) is 74.0 cm³/mol. The second-order valence-electron chi connectivity index (χ2n) is 5.70. The average Bonchev–Trinajstić information content (AvgIpc) is 2.98. The molecule has 2 N–H and O–H groups in total. The summed E-state index contributed by atoms with van der Waals surface area (Å²) in [7, 11) is 0. The summed E-state index contributed by atoms with van der Waals surface area (Å²) < 4.78 is 0. The van der Waals surface area contributed by atoms with Crippen molar-refractivity contribution in [2.75, 3.05) is 0 Å². The van der Waals surface area contributed by atoms with Crippen molar-refractivity contribution in [3.63, 3.8) is 0 Å². The summed E-state index contributed by atoms with van der Waals surface area (Å²) in [6, 6.07) is 7.82. The van der Waals surface area contributed by atoms with Crippen molar-refractivity contribution >= 4 is 17.6 Å². The van der Waals surface area contributed by atoms with Gasteiger partial charge in [0.05, 0.1) is 5.92 Å². The van der Waals surface area contributed by atoms with Gasteiger partial charge in [-0.2, -0.15) is 0 Å². The van der Waals surface area contributed by atoms with E-state index >= 15 is 0 Å². The first-order valence-electron chi connectivity index (χ1n) is 6.86. The van der Waals surface area contributed by atoms with Gasteiger partial charge in [0.15, 0.2) is 0 Å². The second kappa shape index (κ2) is 5.14. The van der Waals surface area contributed by atoms with E-state index in [1.165, 1.54) is 0 Å². The normalized spacial score (nSPS) is 32.7. The first-order valence-corrected chi connectivity index (χ1v) is 7.24. The molecule has 0 radical (unpaired) electrons. The van der Waals surface area contributed by atoms with Gasteiger partial charge in [-0.1, -0.05) is 29.8 Å². The molecule has 0 spiro atoms. The summed E-state index contributed by atoms with van der Waals surface area (Å²) in [4.78, 5) is 11.4. The molecule has 2 aliphatic carbocycles. The molecule has 3 nitrogen and oxygen atoms in total. The van der Waals surface area contributed by atoms with E-state index in [-0.39, 0.29) is 12.0 Å². The van der Waals surface area contributed by atoms with Crippen LogP contribution in [0.3, 0.4) is 0 Å². The minimum Gasteiger partial charge on any atom is -0.481 e. The van der Waals surface area contributed by atoms with E-state index in [0.29, 0.717) is 18.4 Å². The number of carboxylic acid groups (broad SMARTS) is 1. The lowest BCUT2D eigenvalue weighted by molar-refractivity contribution is -0.144. The summed E-state index contributed by atoms with van der Waals surface area (Å²) >= 11 is 6.13. The van der Waals surface area contributed by atoms with Crippen molar-refractivity contribution in [3.05, 3.63) is 34.9 Å². The van der Waals surface area contributed by atoms with Crippen LogP contribution in [0.25, 0.3) is 0 Å². The predicted octanol–water partition coefficient (Wildman–Crippen LogP) is 2.93. The molecule has 1 aromatic carbocycles. The Balaban J connectivity index is 1.69. The molecule has 2 bridgehead atoms. The van der Waals surface area contributed by atoms with Crippen LogP contribution < -0.4 is 5.32 Å². The molecule has 2 saturated carbocycles. The number of carboxylic acids is 1. The van der Waals surface area contributed by atoms with Gasteiger partial charge < -0.3 is 10.4 Å². The van der Waals surface area contributed by atoms with E-state index in [1.54, 1.807) is 0 Å². The largest absolute Gasteiger partial charge is 0.481 e. The first-order chi connectivity index (χ1) is 9.16. The van der Waals surface area contributed by atoms with E-state index in [9.17, 15) is 9.90 Å². The van der Waals surface area contributed by atoms with Crippen LogP contribution in [-0.4, -0.2) is 17.1 Å². The van der Waals surface area contributed by atoms with E-state index < -0.39 is 5.97 Å². The topological polar surface area (TPSA) is 49.3 Å². The summed E-state index contributed by atoms with van der Waals surface area (Å²) in [5.41, 5.74) is 1.04. The molecule has 2 fully saturated rings. The first kappa shape index (κ1) is 12.9. The molecule has 4 atom stereocenters. The second-order valence-corrected chi connectivity index (χ2v) is 6.10. The quantitative estimate of drug-likeness (QED) is 0.891. The Morgan fingerprint density at radius 1 is 1.32 bits per heavy atom. The molecule has 1 aromatic rings. The number of rotatable bonds is 4. The zero-order chi connectivity index (χ0) is 13.4. The summed E-state index contributed by atoms with van der Waals surface area (Å²) in [6.45, 7) is 0.650. The molecule has 0 saturated heterocycles. The van der Waals surface area contributed by atoms with Crippen molar-refractivity contribution in [1.82, 2.24) is 5.32 Å². The number of fused-ring (bicyclic) bond motifs is 2. The SMILES string of the molecule is O=C(O)C1C2CCC(C2)C1NCc1ccccc1Cl. The number of hydrogen-bond donors (Lipinski definition) is 2. The van der Waals surface area contributed by atoms with Crippen LogP contribution in [0.1, 0.15) is 24.8 Å². The third-order valence-electron chi connectivity index (χ3n) is 4.69. The van der Waals surface area contributed by atoms with E-state index in [4.69, 9.17) is 11.6 Å². The summed E-state index contributed by atoms with van der Waals surface area (Å²) in [5.74, 6) is 0.0185. The number of halogens is 1. The minimum atomic E-state index is -0.649. The Morgan fingerprint density at radius 3 is 2.79 bits per heavy atom. The fourth-order valence-electron chi connectivity index (χ4n) is 3.81. The lowest BCUT2D eigenvalue weighted by Crippen LogP contribution is -2.43. The summed E-state index contributed by atoms with van der Waals surface area (Å²) in [5, 5.41) is 13.6. The molecule has 4 unspecified atom stereocenters. The maximum atomic E-state index is 11.4. The van der Waals surface area contributed by atoms with Crippen molar-refractivity contribution in [2.24, 2.45) is 17.8 Å². The Kier molecular flexibility index (Phi) is 3.50. The third-order valence-corrected chi connectivity index (χ3v) is 5.06. The van der Waals surface area contributed by atoms with Crippen molar-refractivity contribution in [2.45, 2.75) is 31.8 Å². The third kappa shape index (κ3) is 2.37. The van der Waals surface area contributed by atoms with Crippen LogP contribution in [0.2, 0.25) is 5.02 Å². The smallest absolute Gasteiger partial charge is 0.308 e. The highest BCUT2D eigenvalue weighted by molar-refractivity contribution is 6.31. The van der Waals surface area contributed by atoms with Gasteiger partial charge in [0.1, 0.15) is 0 Å². The molecular formula is C15H18ClNO2. The number of aliphatic carboxylic acids is 1. The van der Waals surface area contributed by atoms with Crippen LogP contribution in [0.15, 0.2) is 24.3 Å². The lowest BCUT2D eigenvalue weighted by Gasteiger charge is -2.29. The molecule has 0 heterocycles. The molecule has 102 valence electrons. The molecular weight excluding hydrogens is 262 g/mol. The molecule has 0 aliphatic heterocycles. The van der Waals surface area contributed by atoms with Gasteiger partial charge in [0.25, 0.3) is 0 Å². The fourth-order valence-corrected chi connectivity index (χ4v) is 4.01. The molecule has 19 heavy (non-hydrogen) atoms. The van der Waals surface area contributed by atoms with Gasteiger partial charge in [0, 0.05) is 17.6 Å². The minimum absolute atomic E-state index is 0.104. The zero-order valence-corrected chi connectivity index (χ0v) is 11.4. The molecule has 2 aliphatic rings. The summed E-state index contributed by atoms with van der Waals surface area (Å²) in [6.07, 6.45) is 3.30. The van der Waals surface area contributed by atoms with E-state index in [2.05, 4.69) is 5.32 Å². The number of carbonyl (C=O) groups is 1. The van der Waals surface area contributed by atoms with Crippen LogP contribution >= 0.6 is 11.6 Å².